The predicted molar refractivity (Wildman–Crippen MR) is 380 cm³/mol. The molecule has 0 radical (unpaired) electrons. The van der Waals surface area contributed by atoms with Gasteiger partial charge in [0.15, 0.2) is 0 Å². The molecule has 0 heterocycles. The van der Waals surface area contributed by atoms with Gasteiger partial charge in [0.1, 0.15) is 0 Å². The Bertz CT molecular complexity index is 4510. The predicted octanol–water partition coefficient (Wildman–Crippen LogP) is 23.7. The van der Waals surface area contributed by atoms with E-state index in [1.54, 1.807) is 0 Å². The van der Waals surface area contributed by atoms with Crippen molar-refractivity contribution in [1.82, 2.24) is 0 Å². The largest absolute Gasteiger partial charge is 0.398 e. The molecule has 0 aromatic heterocycles. The fourth-order valence-corrected chi connectivity index (χ4v) is 14.9. The van der Waals surface area contributed by atoms with Crippen molar-refractivity contribution >= 4 is 38.7 Å². The van der Waals surface area contributed by atoms with E-state index in [2.05, 4.69) is 339 Å². The number of nitrogens with two attached hydrogens (primary N) is 1. The van der Waals surface area contributed by atoms with E-state index in [1.165, 1.54) is 145 Å². The highest BCUT2D eigenvalue weighted by Crippen LogP contribution is 2.55. The zero-order valence-electron chi connectivity index (χ0n) is 52.2. The average molecular weight is 1200 g/mol. The molecule has 0 amide bonds. The van der Waals surface area contributed by atoms with Crippen LogP contribution in [0.1, 0.15) is 97.2 Å². The smallest absolute Gasteiger partial charge is 0.0540 e. The van der Waals surface area contributed by atoms with Crippen LogP contribution < -0.4 is 10.6 Å². The van der Waals surface area contributed by atoms with Gasteiger partial charge < -0.3 is 10.6 Å². The van der Waals surface area contributed by atoms with Crippen LogP contribution in [-0.4, -0.2) is 0 Å². The molecule has 2 N–H and O–H groups in total. The number of nitrogens with zero attached hydrogens (tertiary/aromatic N) is 1. The van der Waals surface area contributed by atoms with E-state index in [9.17, 15) is 0 Å². The van der Waals surface area contributed by atoms with E-state index >= 15 is 0 Å². The summed E-state index contributed by atoms with van der Waals surface area (Å²) in [5.74, 6) is 0. The van der Waals surface area contributed by atoms with Crippen LogP contribution >= 0.6 is 15.9 Å². The van der Waals surface area contributed by atoms with Crippen molar-refractivity contribution in [3.05, 3.63) is 321 Å². The molecule has 432 valence electrons. The van der Waals surface area contributed by atoms with E-state index in [-0.39, 0.29) is 16.2 Å². The minimum absolute atomic E-state index is 0.109. The molecule has 88 heavy (non-hydrogen) atoms. The molecule has 12 aromatic rings. The molecular weight excluding hydrogens is 1130 g/mol. The number of nitrogen functional groups attached to an aromatic ring is 1. The van der Waals surface area contributed by atoms with Gasteiger partial charge in [0.2, 0.25) is 0 Å². The minimum atomic E-state index is -0.109. The monoisotopic (exact) mass is 1200 g/mol. The van der Waals surface area contributed by atoms with Gasteiger partial charge in [-0.3, -0.25) is 0 Å². The second-order valence-corrected chi connectivity index (χ2v) is 26.7. The first-order chi connectivity index (χ1) is 42.4. The highest BCUT2D eigenvalue weighted by atomic mass is 79.9. The molecule has 3 heteroatoms. The molecule has 3 aliphatic carbocycles. The Morgan fingerprint density at radius 1 is 0.284 bits per heavy atom. The summed E-state index contributed by atoms with van der Waals surface area (Å²) in [6.07, 6.45) is 0. The molecule has 0 atom stereocenters. The molecular formula is C85H75BrN2. The number of anilines is 4. The summed E-state index contributed by atoms with van der Waals surface area (Å²) in [4.78, 5) is 2.52. The fourth-order valence-electron chi connectivity index (χ4n) is 14.6. The van der Waals surface area contributed by atoms with Crippen molar-refractivity contribution in [2.75, 3.05) is 10.6 Å². The lowest BCUT2D eigenvalue weighted by Crippen LogP contribution is -2.18. The first-order valence-corrected chi connectivity index (χ1v) is 31.7. The van der Waals surface area contributed by atoms with E-state index in [4.69, 9.17) is 5.73 Å². The molecule has 15 rings (SSSR count). The molecule has 0 spiro atoms. The SMILES string of the molecule is CC1(C)c2ccccc2-c2ccc(Br)cc21.Cc1cccc(C)c1-c1cc(-c2ccccc2)ccc1N.Cc1cccc(C)c1-c1cc(-c2ccccc2)ccc1N(c1ccc2c(c1)C(C)(C)c1ccccc1-2)c1ccc2c(c1)C(C)(C)c1ccccc1-2. The Labute approximate surface area is 530 Å². The van der Waals surface area contributed by atoms with Gasteiger partial charge in [0.05, 0.1) is 5.69 Å². The molecule has 0 fully saturated rings. The summed E-state index contributed by atoms with van der Waals surface area (Å²) < 4.78 is 1.16. The molecule has 3 aliphatic rings. The van der Waals surface area contributed by atoms with Crippen LogP contribution in [0.2, 0.25) is 0 Å². The van der Waals surface area contributed by atoms with Gasteiger partial charge in [-0.2, -0.15) is 0 Å². The third-order valence-corrected chi connectivity index (χ3v) is 19.7. The van der Waals surface area contributed by atoms with E-state index in [1.807, 2.05) is 12.1 Å². The first-order valence-electron chi connectivity index (χ1n) is 30.9. The fraction of sp³-hybridized carbons (Fsp3) is 0.153. The normalized spacial score (nSPS) is 13.7. The van der Waals surface area contributed by atoms with Crippen LogP contribution in [0.3, 0.4) is 0 Å². The summed E-state index contributed by atoms with van der Waals surface area (Å²) in [6.45, 7) is 22.8. The molecule has 0 saturated heterocycles. The maximum Gasteiger partial charge on any atom is 0.0540 e. The molecule has 0 aliphatic heterocycles. The number of hydrogen-bond donors (Lipinski definition) is 1. The first kappa shape index (κ1) is 57.8. The Balaban J connectivity index is 0.000000156. The lowest BCUT2D eigenvalue weighted by molar-refractivity contribution is 0.660. The highest BCUT2D eigenvalue weighted by molar-refractivity contribution is 9.10. The van der Waals surface area contributed by atoms with Crippen molar-refractivity contribution in [1.29, 1.82) is 0 Å². The van der Waals surface area contributed by atoms with Crippen molar-refractivity contribution in [3.63, 3.8) is 0 Å². The number of hydrogen-bond acceptors (Lipinski definition) is 2. The van der Waals surface area contributed by atoms with Gasteiger partial charge in [-0.05, 0) is 211 Å². The zero-order valence-corrected chi connectivity index (χ0v) is 53.8. The summed E-state index contributed by atoms with van der Waals surface area (Å²) >= 11 is 3.56. The zero-order chi connectivity index (χ0) is 61.2. The van der Waals surface area contributed by atoms with Crippen LogP contribution in [0, 0.1) is 27.7 Å². The Kier molecular flexibility index (Phi) is 15.0. The summed E-state index contributed by atoms with van der Waals surface area (Å²) in [7, 11) is 0. The second kappa shape index (κ2) is 22.8. The number of aryl methyl sites for hydroxylation is 4. The number of halogens is 1. The molecule has 2 nitrogen and oxygen atoms in total. The van der Waals surface area contributed by atoms with Crippen LogP contribution in [0.15, 0.2) is 265 Å². The van der Waals surface area contributed by atoms with Crippen LogP contribution in [0.25, 0.3) is 77.9 Å². The third kappa shape index (κ3) is 10.1. The maximum absolute atomic E-state index is 6.24. The molecule has 0 unspecified atom stereocenters. The third-order valence-electron chi connectivity index (χ3n) is 19.2. The van der Waals surface area contributed by atoms with E-state index in [0.29, 0.717) is 0 Å². The van der Waals surface area contributed by atoms with Crippen LogP contribution in [-0.2, 0) is 16.2 Å². The Morgan fingerprint density at radius 3 is 1.08 bits per heavy atom. The second-order valence-electron chi connectivity index (χ2n) is 25.8. The number of rotatable bonds is 7. The molecule has 12 aromatic carbocycles. The quantitative estimate of drug-likeness (QED) is 0.161. The maximum atomic E-state index is 6.24. The Morgan fingerprint density at radius 2 is 0.636 bits per heavy atom. The van der Waals surface area contributed by atoms with Crippen LogP contribution in [0.5, 0.6) is 0 Å². The van der Waals surface area contributed by atoms with Gasteiger partial charge in [-0.1, -0.05) is 258 Å². The minimum Gasteiger partial charge on any atom is -0.398 e. The highest BCUT2D eigenvalue weighted by Gasteiger charge is 2.39. The van der Waals surface area contributed by atoms with Gasteiger partial charge >= 0.3 is 0 Å². The van der Waals surface area contributed by atoms with Crippen molar-refractivity contribution < 1.29 is 0 Å². The topological polar surface area (TPSA) is 29.3 Å². The lowest BCUT2D eigenvalue weighted by Gasteiger charge is -2.32. The van der Waals surface area contributed by atoms with Gasteiger partial charge in [-0.25, -0.2) is 0 Å². The average Bonchev–Trinajstić information content (AvgIpc) is 1.59. The van der Waals surface area contributed by atoms with E-state index in [0.717, 1.165) is 15.7 Å². The lowest BCUT2D eigenvalue weighted by atomic mass is 9.82. The van der Waals surface area contributed by atoms with Crippen LogP contribution in [0.4, 0.5) is 22.7 Å². The number of benzene rings is 12. The van der Waals surface area contributed by atoms with Crippen molar-refractivity contribution in [3.8, 4) is 77.9 Å². The van der Waals surface area contributed by atoms with Crippen molar-refractivity contribution in [2.24, 2.45) is 0 Å². The van der Waals surface area contributed by atoms with E-state index < -0.39 is 0 Å². The van der Waals surface area contributed by atoms with Crippen molar-refractivity contribution in [2.45, 2.75) is 85.5 Å². The molecule has 0 saturated carbocycles. The Hall–Kier alpha value is -9.28. The molecule has 0 bridgehead atoms. The summed E-state index contributed by atoms with van der Waals surface area (Å²) in [6, 6.07) is 95.0. The van der Waals surface area contributed by atoms with Gasteiger partial charge in [0, 0.05) is 48.9 Å². The summed E-state index contributed by atoms with van der Waals surface area (Å²) in [5, 5.41) is 0. The van der Waals surface area contributed by atoms with Gasteiger partial charge in [-0.15, -0.1) is 0 Å². The summed E-state index contributed by atoms with van der Waals surface area (Å²) in [5.41, 5.74) is 41.8. The standard InChI is InChI=1S/C50H43N.C20H19N.C15H13Br/c1-32-15-14-16-33(2)48(32)42-29-35(34-17-8-7-9-18-34)23-28-47(42)51(36-24-26-40-38-19-10-12-21-43(38)49(3,4)45(40)30-36)37-25-27-41-39-20-11-13-22-44(39)50(5,6)46(41)31-37;1-14-7-6-8-15(2)20(14)18-13-17(11-12-19(18)21)16-9-4-3-5-10-16;1-15(2)13-6-4-3-5-11(13)12-8-7-10(16)9-14(12)15/h7-31H,1-6H3;3-13H,21H2,1-2H3;3-9H,1-2H3. The number of fused-ring (bicyclic) bond motifs is 9. The van der Waals surface area contributed by atoms with Gasteiger partial charge in [0.25, 0.3) is 0 Å².